The number of para-hydroxylation sites is 1. The number of urea groups is 1. The number of nitrogens with zero attached hydrogens (tertiary/aromatic N) is 2. The lowest BCUT2D eigenvalue weighted by atomic mass is 9.93. The molecule has 27 heavy (non-hydrogen) atoms. The number of rotatable bonds is 7. The van der Waals surface area contributed by atoms with Crippen molar-refractivity contribution in [1.29, 1.82) is 0 Å². The van der Waals surface area contributed by atoms with E-state index in [2.05, 4.69) is 26.1 Å². The van der Waals surface area contributed by atoms with Gasteiger partial charge in [-0.2, -0.15) is 0 Å². The van der Waals surface area contributed by atoms with Crippen LogP contribution in [0.25, 0.3) is 0 Å². The summed E-state index contributed by atoms with van der Waals surface area (Å²) in [6, 6.07) is 6.33. The summed E-state index contributed by atoms with van der Waals surface area (Å²) in [6.45, 7) is 8.37. The number of imide groups is 1. The van der Waals surface area contributed by atoms with Gasteiger partial charge in [0, 0.05) is 32.1 Å². The van der Waals surface area contributed by atoms with Gasteiger partial charge >= 0.3 is 6.03 Å². The van der Waals surface area contributed by atoms with E-state index in [0.29, 0.717) is 37.8 Å². The highest BCUT2D eigenvalue weighted by Gasteiger charge is 2.26. The van der Waals surface area contributed by atoms with Gasteiger partial charge in [-0.05, 0) is 30.9 Å². The maximum Gasteiger partial charge on any atom is 0.324 e. The number of hydrogen-bond acceptors (Lipinski definition) is 3. The van der Waals surface area contributed by atoms with Crippen LogP contribution in [0.5, 0.6) is 0 Å². The molecule has 0 spiro atoms. The van der Waals surface area contributed by atoms with Crippen LogP contribution in [0, 0.1) is 17.7 Å². The van der Waals surface area contributed by atoms with E-state index in [9.17, 15) is 14.0 Å². The molecule has 1 fully saturated rings. The molecule has 1 aliphatic rings. The Labute approximate surface area is 161 Å². The normalized spacial score (nSPS) is 15.7. The van der Waals surface area contributed by atoms with E-state index in [0.717, 1.165) is 25.7 Å². The summed E-state index contributed by atoms with van der Waals surface area (Å²) < 4.78 is 13.9. The average Bonchev–Trinajstić information content (AvgIpc) is 2.65. The second-order valence-electron chi connectivity index (χ2n) is 7.68. The smallest absolute Gasteiger partial charge is 0.324 e. The standard InChI is InChI=1S/C21H32FN3O2/c1-4-7-17(11-10-16(2)3)20(26)23-21(27)25-14-12-24(13-15-25)19-9-6-5-8-18(19)22/h5-6,8-9,16-17H,4,7,10-15H2,1-3H3,(H,23,26,27)/t17-/m0/s1. The predicted molar refractivity (Wildman–Crippen MR) is 106 cm³/mol. The minimum absolute atomic E-state index is 0.110. The molecule has 0 radical (unpaired) electrons. The van der Waals surface area contributed by atoms with Crippen LogP contribution < -0.4 is 10.2 Å². The summed E-state index contributed by atoms with van der Waals surface area (Å²) in [7, 11) is 0. The summed E-state index contributed by atoms with van der Waals surface area (Å²) in [5.41, 5.74) is 0.560. The zero-order valence-corrected chi connectivity index (χ0v) is 16.7. The summed E-state index contributed by atoms with van der Waals surface area (Å²) in [5.74, 6) is 0.0116. The number of anilines is 1. The summed E-state index contributed by atoms with van der Waals surface area (Å²) in [4.78, 5) is 28.6. The fourth-order valence-corrected chi connectivity index (χ4v) is 3.43. The molecule has 0 aliphatic carbocycles. The van der Waals surface area contributed by atoms with Crippen molar-refractivity contribution in [3.8, 4) is 0 Å². The van der Waals surface area contributed by atoms with E-state index in [1.807, 2.05) is 4.90 Å². The van der Waals surface area contributed by atoms with Gasteiger partial charge in [0.1, 0.15) is 5.82 Å². The number of piperazine rings is 1. The minimum atomic E-state index is -0.334. The zero-order chi connectivity index (χ0) is 19.8. The van der Waals surface area contributed by atoms with Gasteiger partial charge in [0.25, 0.3) is 0 Å². The Morgan fingerprint density at radius 2 is 1.74 bits per heavy atom. The molecule has 0 bridgehead atoms. The van der Waals surface area contributed by atoms with Crippen molar-refractivity contribution in [3.63, 3.8) is 0 Å². The molecule has 0 aromatic heterocycles. The highest BCUT2D eigenvalue weighted by molar-refractivity contribution is 5.95. The Kier molecular flexibility index (Phi) is 8.07. The number of carbonyl (C=O) groups excluding carboxylic acids is 2. The first-order valence-corrected chi connectivity index (χ1v) is 10.0. The van der Waals surface area contributed by atoms with E-state index >= 15 is 0 Å². The monoisotopic (exact) mass is 377 g/mol. The van der Waals surface area contributed by atoms with E-state index in [1.165, 1.54) is 6.07 Å². The van der Waals surface area contributed by atoms with E-state index in [4.69, 9.17) is 0 Å². The molecule has 1 atom stereocenters. The van der Waals surface area contributed by atoms with Gasteiger partial charge in [0.15, 0.2) is 0 Å². The lowest BCUT2D eigenvalue weighted by molar-refractivity contribution is -0.124. The van der Waals surface area contributed by atoms with Gasteiger partial charge in [0.05, 0.1) is 5.69 Å². The number of nitrogens with one attached hydrogen (secondary N) is 1. The molecule has 0 unspecified atom stereocenters. The molecule has 5 nitrogen and oxygen atoms in total. The molecule has 6 heteroatoms. The van der Waals surface area contributed by atoms with Crippen LogP contribution >= 0.6 is 0 Å². The minimum Gasteiger partial charge on any atom is -0.366 e. The first kappa shape index (κ1) is 21.2. The molecule has 150 valence electrons. The van der Waals surface area contributed by atoms with Crippen molar-refractivity contribution in [2.75, 3.05) is 31.1 Å². The van der Waals surface area contributed by atoms with Crippen LogP contribution in [0.4, 0.5) is 14.9 Å². The van der Waals surface area contributed by atoms with Crippen molar-refractivity contribution in [2.45, 2.75) is 46.5 Å². The van der Waals surface area contributed by atoms with Crippen LogP contribution in [-0.2, 0) is 4.79 Å². The zero-order valence-electron chi connectivity index (χ0n) is 16.7. The molecular weight excluding hydrogens is 345 g/mol. The maximum atomic E-state index is 13.9. The van der Waals surface area contributed by atoms with Crippen molar-refractivity contribution in [3.05, 3.63) is 30.1 Å². The molecule has 2 rings (SSSR count). The lowest BCUT2D eigenvalue weighted by Crippen LogP contribution is -2.53. The quantitative estimate of drug-likeness (QED) is 0.780. The van der Waals surface area contributed by atoms with Crippen LogP contribution in [-0.4, -0.2) is 43.0 Å². The topological polar surface area (TPSA) is 52.7 Å². The summed E-state index contributed by atoms with van der Waals surface area (Å²) in [5, 5.41) is 2.58. The molecule has 1 heterocycles. The van der Waals surface area contributed by atoms with Crippen LogP contribution in [0.3, 0.4) is 0 Å². The van der Waals surface area contributed by atoms with Crippen molar-refractivity contribution < 1.29 is 14.0 Å². The van der Waals surface area contributed by atoms with Gasteiger partial charge in [-0.25, -0.2) is 9.18 Å². The van der Waals surface area contributed by atoms with Crippen LogP contribution in [0.15, 0.2) is 24.3 Å². The van der Waals surface area contributed by atoms with Crippen LogP contribution in [0.2, 0.25) is 0 Å². The number of halogens is 1. The molecule has 1 aromatic rings. The summed E-state index contributed by atoms with van der Waals surface area (Å²) >= 11 is 0. The first-order valence-electron chi connectivity index (χ1n) is 10.0. The van der Waals surface area contributed by atoms with E-state index < -0.39 is 0 Å². The van der Waals surface area contributed by atoms with Crippen molar-refractivity contribution in [2.24, 2.45) is 11.8 Å². The van der Waals surface area contributed by atoms with Crippen molar-refractivity contribution >= 4 is 17.6 Å². The SMILES string of the molecule is CCC[C@@H](CCC(C)C)C(=O)NC(=O)N1CCN(c2ccccc2F)CC1. The number of benzene rings is 1. The number of carbonyl (C=O) groups is 2. The Bertz CT molecular complexity index is 628. The second-order valence-corrected chi connectivity index (χ2v) is 7.68. The third-order valence-electron chi connectivity index (χ3n) is 5.09. The molecule has 3 amide bonds. The Balaban J connectivity index is 1.85. The van der Waals surface area contributed by atoms with Gasteiger partial charge in [-0.1, -0.05) is 45.7 Å². The molecule has 1 N–H and O–H groups in total. The predicted octanol–water partition coefficient (Wildman–Crippen LogP) is 4.04. The number of amides is 3. The fourth-order valence-electron chi connectivity index (χ4n) is 3.43. The highest BCUT2D eigenvalue weighted by atomic mass is 19.1. The Hall–Kier alpha value is -2.11. The largest absolute Gasteiger partial charge is 0.366 e. The Morgan fingerprint density at radius 1 is 1.07 bits per heavy atom. The number of hydrogen-bond donors (Lipinski definition) is 1. The third kappa shape index (κ3) is 6.22. The Morgan fingerprint density at radius 3 is 2.33 bits per heavy atom. The molecule has 1 saturated heterocycles. The average molecular weight is 378 g/mol. The summed E-state index contributed by atoms with van der Waals surface area (Å²) in [6.07, 6.45) is 3.51. The van der Waals surface area contributed by atoms with E-state index in [-0.39, 0.29) is 23.7 Å². The van der Waals surface area contributed by atoms with Crippen LogP contribution in [0.1, 0.15) is 46.5 Å². The van der Waals surface area contributed by atoms with Gasteiger partial charge in [-0.15, -0.1) is 0 Å². The molecule has 1 aliphatic heterocycles. The first-order chi connectivity index (χ1) is 12.9. The van der Waals surface area contributed by atoms with Gasteiger partial charge in [0.2, 0.25) is 5.91 Å². The molecular formula is C21H32FN3O2. The van der Waals surface area contributed by atoms with Crippen molar-refractivity contribution in [1.82, 2.24) is 10.2 Å². The lowest BCUT2D eigenvalue weighted by Gasteiger charge is -2.36. The highest BCUT2D eigenvalue weighted by Crippen LogP contribution is 2.21. The van der Waals surface area contributed by atoms with Gasteiger partial charge in [-0.3, -0.25) is 10.1 Å². The van der Waals surface area contributed by atoms with Gasteiger partial charge < -0.3 is 9.80 Å². The second kappa shape index (κ2) is 10.3. The van der Waals surface area contributed by atoms with E-state index in [1.54, 1.807) is 23.1 Å². The molecule has 0 saturated carbocycles. The molecule has 1 aromatic carbocycles. The maximum absolute atomic E-state index is 13.9. The third-order valence-corrected chi connectivity index (χ3v) is 5.09. The fraction of sp³-hybridized carbons (Fsp3) is 0.619.